The highest BCUT2D eigenvalue weighted by Gasteiger charge is 2.17. The number of ether oxygens (including phenoxy) is 1. The maximum Gasteiger partial charge on any atom is 0.230 e. The van der Waals surface area contributed by atoms with Crippen LogP contribution >= 0.6 is 11.6 Å². The van der Waals surface area contributed by atoms with Crippen LogP contribution in [0.5, 0.6) is 0 Å². The topological polar surface area (TPSA) is 83.5 Å². The molecule has 144 valence electrons. The number of anilines is 2. The summed E-state index contributed by atoms with van der Waals surface area (Å²) in [6.45, 7) is 2.98. The van der Waals surface area contributed by atoms with Crippen LogP contribution in [-0.4, -0.2) is 61.3 Å². The number of hydrogen-bond acceptors (Lipinski definition) is 7. The monoisotopic (exact) mass is 390 g/mol. The molecule has 0 bridgehead atoms. The van der Waals surface area contributed by atoms with Crippen molar-refractivity contribution in [2.45, 2.75) is 13.0 Å². The predicted octanol–water partition coefficient (Wildman–Crippen LogP) is 1.29. The van der Waals surface area contributed by atoms with Gasteiger partial charge >= 0.3 is 0 Å². The van der Waals surface area contributed by atoms with E-state index in [0.717, 1.165) is 18.7 Å². The lowest BCUT2D eigenvalue weighted by atomic mass is 10.1. The maximum absolute atomic E-state index is 12.3. The van der Waals surface area contributed by atoms with Gasteiger partial charge in [-0.25, -0.2) is 0 Å². The summed E-state index contributed by atoms with van der Waals surface area (Å²) >= 11 is 6.11. The summed E-state index contributed by atoms with van der Waals surface area (Å²) in [5.74, 6) is 1.54. The van der Waals surface area contributed by atoms with Crippen LogP contribution in [0, 0.1) is 0 Å². The zero-order valence-electron chi connectivity index (χ0n) is 15.5. The van der Waals surface area contributed by atoms with Gasteiger partial charge in [-0.3, -0.25) is 4.79 Å². The van der Waals surface area contributed by atoms with Gasteiger partial charge < -0.3 is 19.9 Å². The Morgan fingerprint density at radius 3 is 2.67 bits per heavy atom. The molecule has 1 fully saturated rings. The number of benzene rings is 1. The normalized spacial score (nSPS) is 14.1. The van der Waals surface area contributed by atoms with Gasteiger partial charge in [0.2, 0.25) is 17.8 Å². The van der Waals surface area contributed by atoms with E-state index in [1.165, 1.54) is 0 Å². The Morgan fingerprint density at radius 1 is 1.22 bits per heavy atom. The van der Waals surface area contributed by atoms with Gasteiger partial charge in [-0.05, 0) is 11.6 Å². The first-order chi connectivity index (χ1) is 13.0. The molecule has 0 aliphatic carbocycles. The molecule has 1 aliphatic heterocycles. The molecule has 1 aliphatic rings. The number of aromatic nitrogens is 3. The Bertz CT molecular complexity index is 795. The summed E-state index contributed by atoms with van der Waals surface area (Å²) < 4.78 is 5.38. The highest BCUT2D eigenvalue weighted by Crippen LogP contribution is 2.16. The molecular weight excluding hydrogens is 368 g/mol. The average Bonchev–Trinajstić information content (AvgIpc) is 2.68. The van der Waals surface area contributed by atoms with Crippen LogP contribution in [0.1, 0.15) is 11.4 Å². The fourth-order valence-electron chi connectivity index (χ4n) is 2.63. The molecule has 27 heavy (non-hydrogen) atoms. The molecule has 1 N–H and O–H groups in total. The van der Waals surface area contributed by atoms with E-state index in [9.17, 15) is 4.79 Å². The third-order valence-electron chi connectivity index (χ3n) is 4.10. The SMILES string of the molecule is CN(C)c1nc(CNC(=O)Cc2ccccc2Cl)nc(N2CCOCC2)n1. The second kappa shape index (κ2) is 8.96. The van der Waals surface area contributed by atoms with Crippen LogP contribution in [0.25, 0.3) is 0 Å². The third kappa shape index (κ3) is 5.27. The Hall–Kier alpha value is -2.45. The van der Waals surface area contributed by atoms with E-state index in [4.69, 9.17) is 16.3 Å². The minimum atomic E-state index is -0.136. The van der Waals surface area contributed by atoms with Crippen molar-refractivity contribution < 1.29 is 9.53 Å². The molecule has 0 saturated carbocycles. The molecule has 8 nitrogen and oxygen atoms in total. The van der Waals surface area contributed by atoms with E-state index in [2.05, 4.69) is 25.2 Å². The van der Waals surface area contributed by atoms with E-state index >= 15 is 0 Å². The molecule has 0 atom stereocenters. The quantitative estimate of drug-likeness (QED) is 0.795. The fraction of sp³-hybridized carbons (Fsp3) is 0.444. The van der Waals surface area contributed by atoms with Crippen molar-refractivity contribution in [1.82, 2.24) is 20.3 Å². The Balaban J connectivity index is 1.68. The molecule has 1 saturated heterocycles. The minimum absolute atomic E-state index is 0.136. The minimum Gasteiger partial charge on any atom is -0.378 e. The first-order valence-electron chi connectivity index (χ1n) is 8.78. The molecule has 1 amide bonds. The summed E-state index contributed by atoms with van der Waals surface area (Å²) in [5.41, 5.74) is 0.787. The standard InChI is InChI=1S/C18H23ClN6O2/c1-24(2)17-21-15(22-18(23-17)25-7-9-27-10-8-25)12-20-16(26)11-13-5-3-4-6-14(13)19/h3-6H,7-12H2,1-2H3,(H,20,26). The molecule has 9 heteroatoms. The van der Waals surface area contributed by atoms with Gasteiger partial charge in [-0.15, -0.1) is 0 Å². The number of rotatable bonds is 6. The lowest BCUT2D eigenvalue weighted by Gasteiger charge is -2.27. The van der Waals surface area contributed by atoms with Crippen LogP contribution in [-0.2, 0) is 22.5 Å². The summed E-state index contributed by atoms with van der Waals surface area (Å²) in [6, 6.07) is 7.31. The van der Waals surface area contributed by atoms with Gasteiger partial charge in [0, 0.05) is 32.2 Å². The van der Waals surface area contributed by atoms with Crippen LogP contribution in [0.3, 0.4) is 0 Å². The molecule has 0 spiro atoms. The molecule has 0 unspecified atom stereocenters. The largest absolute Gasteiger partial charge is 0.378 e. The van der Waals surface area contributed by atoms with Gasteiger partial charge in [0.25, 0.3) is 0 Å². The summed E-state index contributed by atoms with van der Waals surface area (Å²) in [5, 5.41) is 3.44. The number of morpholine rings is 1. The lowest BCUT2D eigenvalue weighted by molar-refractivity contribution is -0.120. The van der Waals surface area contributed by atoms with Gasteiger partial charge in [0.15, 0.2) is 5.82 Å². The summed E-state index contributed by atoms with van der Waals surface area (Å²) in [6.07, 6.45) is 0.210. The Labute approximate surface area is 163 Å². The lowest BCUT2D eigenvalue weighted by Crippen LogP contribution is -2.38. The van der Waals surface area contributed by atoms with Crippen molar-refractivity contribution in [3.8, 4) is 0 Å². The number of hydrogen-bond donors (Lipinski definition) is 1. The number of halogens is 1. The van der Waals surface area contributed by atoms with E-state index in [-0.39, 0.29) is 18.9 Å². The van der Waals surface area contributed by atoms with E-state index in [0.29, 0.717) is 36.0 Å². The first kappa shape index (κ1) is 19.3. The van der Waals surface area contributed by atoms with Crippen molar-refractivity contribution in [3.05, 3.63) is 40.7 Å². The van der Waals surface area contributed by atoms with Crippen LogP contribution < -0.4 is 15.1 Å². The molecule has 1 aromatic heterocycles. The van der Waals surface area contributed by atoms with Gasteiger partial charge in [-0.2, -0.15) is 15.0 Å². The van der Waals surface area contributed by atoms with Crippen molar-refractivity contribution in [2.75, 3.05) is 50.2 Å². The highest BCUT2D eigenvalue weighted by atomic mass is 35.5. The molecule has 3 rings (SSSR count). The molecular formula is C18H23ClN6O2. The van der Waals surface area contributed by atoms with Gasteiger partial charge in [0.1, 0.15) is 0 Å². The van der Waals surface area contributed by atoms with Gasteiger partial charge in [-0.1, -0.05) is 29.8 Å². The van der Waals surface area contributed by atoms with Crippen molar-refractivity contribution in [3.63, 3.8) is 0 Å². The van der Waals surface area contributed by atoms with E-state index in [1.807, 2.05) is 37.2 Å². The van der Waals surface area contributed by atoms with Crippen molar-refractivity contribution in [2.24, 2.45) is 0 Å². The number of carbonyl (C=O) groups excluding carboxylic acids is 1. The first-order valence-corrected chi connectivity index (χ1v) is 9.16. The predicted molar refractivity (Wildman–Crippen MR) is 104 cm³/mol. The highest BCUT2D eigenvalue weighted by molar-refractivity contribution is 6.31. The zero-order chi connectivity index (χ0) is 19.2. The fourth-order valence-corrected chi connectivity index (χ4v) is 2.84. The summed E-state index contributed by atoms with van der Waals surface area (Å²) in [4.78, 5) is 29.6. The van der Waals surface area contributed by atoms with Crippen LogP contribution in [0.15, 0.2) is 24.3 Å². The van der Waals surface area contributed by atoms with E-state index < -0.39 is 0 Å². The number of nitrogens with one attached hydrogen (secondary N) is 1. The number of nitrogens with zero attached hydrogens (tertiary/aromatic N) is 5. The smallest absolute Gasteiger partial charge is 0.230 e. The third-order valence-corrected chi connectivity index (χ3v) is 4.47. The summed E-state index contributed by atoms with van der Waals surface area (Å²) in [7, 11) is 3.75. The van der Waals surface area contributed by atoms with Crippen molar-refractivity contribution >= 4 is 29.4 Å². The van der Waals surface area contributed by atoms with Gasteiger partial charge in [0.05, 0.1) is 26.2 Å². The molecule has 1 aromatic carbocycles. The second-order valence-corrected chi connectivity index (χ2v) is 6.80. The zero-order valence-corrected chi connectivity index (χ0v) is 16.2. The van der Waals surface area contributed by atoms with Crippen molar-refractivity contribution in [1.29, 1.82) is 0 Å². The van der Waals surface area contributed by atoms with E-state index in [1.54, 1.807) is 6.07 Å². The average molecular weight is 391 g/mol. The second-order valence-electron chi connectivity index (χ2n) is 6.39. The Morgan fingerprint density at radius 2 is 1.96 bits per heavy atom. The number of amides is 1. The number of carbonyl (C=O) groups is 1. The molecule has 2 aromatic rings. The van der Waals surface area contributed by atoms with Crippen LogP contribution in [0.2, 0.25) is 5.02 Å². The maximum atomic E-state index is 12.3. The Kier molecular flexibility index (Phi) is 6.41. The van der Waals surface area contributed by atoms with Crippen LogP contribution in [0.4, 0.5) is 11.9 Å². The molecule has 2 heterocycles. The molecule has 0 radical (unpaired) electrons.